The Hall–Kier alpha value is -4.72. The number of phenolic OH excluding ortho intramolecular Hbond substituents is 1. The number of hydrogen-bond donors (Lipinski definition) is 4. The zero-order valence-electron chi connectivity index (χ0n) is 22.6. The fraction of sp³-hybridized carbons (Fsp3) is 0.357. The number of terminal acetylenes is 1. The fourth-order valence-electron chi connectivity index (χ4n) is 3.61. The molecule has 4 amide bonds. The van der Waals surface area contributed by atoms with Gasteiger partial charge in [-0.05, 0) is 63.9 Å². The van der Waals surface area contributed by atoms with Crippen molar-refractivity contribution < 1.29 is 33.8 Å². The van der Waals surface area contributed by atoms with Crippen molar-refractivity contribution in [3.8, 4) is 24.0 Å². The van der Waals surface area contributed by atoms with Crippen molar-refractivity contribution in [2.75, 3.05) is 12.4 Å². The summed E-state index contributed by atoms with van der Waals surface area (Å²) in [5, 5.41) is 15.9. The van der Waals surface area contributed by atoms with Crippen LogP contribution in [0.25, 0.3) is 0 Å². The molecule has 2 atom stereocenters. The second kappa shape index (κ2) is 13.2. The summed E-state index contributed by atoms with van der Waals surface area (Å²) >= 11 is 0. The minimum absolute atomic E-state index is 0.0539. The first kappa shape index (κ1) is 30.5. The summed E-state index contributed by atoms with van der Waals surface area (Å²) in [4.78, 5) is 52.1. The summed E-state index contributed by atoms with van der Waals surface area (Å²) < 4.78 is 10.4. The summed E-state index contributed by atoms with van der Waals surface area (Å²) in [7, 11) is 1.50. The van der Waals surface area contributed by atoms with Gasteiger partial charge >= 0.3 is 6.09 Å². The number of rotatable bonds is 10. The molecule has 0 heterocycles. The number of aromatic hydroxyl groups is 1. The molecule has 0 fully saturated rings. The van der Waals surface area contributed by atoms with Gasteiger partial charge in [0.05, 0.1) is 7.11 Å². The topological polar surface area (TPSA) is 160 Å². The Bertz CT molecular complexity index is 1250. The van der Waals surface area contributed by atoms with Gasteiger partial charge in [-0.15, -0.1) is 0 Å². The zero-order chi connectivity index (χ0) is 29.3. The van der Waals surface area contributed by atoms with E-state index in [1.165, 1.54) is 13.2 Å². The van der Waals surface area contributed by atoms with Crippen molar-refractivity contribution >= 4 is 29.5 Å². The van der Waals surface area contributed by atoms with Crippen LogP contribution < -0.4 is 21.1 Å². The number of phenols is 1. The number of amides is 4. The van der Waals surface area contributed by atoms with Crippen LogP contribution in [0.15, 0.2) is 42.5 Å². The van der Waals surface area contributed by atoms with Crippen LogP contribution in [0.2, 0.25) is 0 Å². The number of alkyl carbamates (subject to hydrolysis) is 1. The molecule has 0 aliphatic rings. The van der Waals surface area contributed by atoms with Gasteiger partial charge in [-0.2, -0.15) is 0 Å². The smallest absolute Gasteiger partial charge is 0.408 e. The average molecular weight is 539 g/mol. The number of nitrogens with one attached hydrogen (secondary N) is 2. The Balaban J connectivity index is 2.51. The van der Waals surface area contributed by atoms with Crippen LogP contribution in [-0.4, -0.2) is 52.6 Å². The number of nitrogens with zero attached hydrogens (tertiary/aromatic N) is 1. The van der Waals surface area contributed by atoms with Crippen molar-refractivity contribution in [3.05, 3.63) is 53.6 Å². The van der Waals surface area contributed by atoms with Crippen LogP contribution in [0.5, 0.6) is 11.5 Å². The number of benzene rings is 2. The predicted octanol–water partition coefficient (Wildman–Crippen LogP) is 2.97. The highest BCUT2D eigenvalue weighted by atomic mass is 16.6. The molecule has 0 spiro atoms. The van der Waals surface area contributed by atoms with Crippen LogP contribution in [-0.2, 0) is 19.1 Å². The van der Waals surface area contributed by atoms with Crippen LogP contribution >= 0.6 is 0 Å². The molecule has 0 aliphatic carbocycles. The molecule has 0 radical (unpaired) electrons. The maximum atomic E-state index is 13.7. The normalized spacial score (nSPS) is 12.3. The van der Waals surface area contributed by atoms with Gasteiger partial charge in [-0.25, -0.2) is 4.79 Å². The number of hydrogen-bond acceptors (Lipinski definition) is 7. The minimum Gasteiger partial charge on any atom is -0.507 e. The number of primary amides is 1. The summed E-state index contributed by atoms with van der Waals surface area (Å²) in [6, 6.07) is 10.4. The molecule has 39 heavy (non-hydrogen) atoms. The molecule has 11 nitrogen and oxygen atoms in total. The van der Waals surface area contributed by atoms with Crippen LogP contribution in [0.1, 0.15) is 50.8 Å². The fourth-order valence-corrected chi connectivity index (χ4v) is 3.61. The summed E-state index contributed by atoms with van der Waals surface area (Å²) in [5.74, 6) is -2.02. The maximum Gasteiger partial charge on any atom is 0.408 e. The molecule has 0 saturated carbocycles. The van der Waals surface area contributed by atoms with Gasteiger partial charge in [0.2, 0.25) is 5.91 Å². The molecule has 2 unspecified atom stereocenters. The molecule has 11 heteroatoms. The third-order valence-electron chi connectivity index (χ3n) is 5.47. The Morgan fingerprint density at radius 3 is 2.31 bits per heavy atom. The second-order valence-electron chi connectivity index (χ2n) is 9.67. The van der Waals surface area contributed by atoms with Crippen molar-refractivity contribution in [2.45, 2.75) is 58.2 Å². The monoisotopic (exact) mass is 538 g/mol. The van der Waals surface area contributed by atoms with Gasteiger partial charge in [-0.3, -0.25) is 19.3 Å². The number of ether oxygens (including phenoxy) is 2. The van der Waals surface area contributed by atoms with Crippen molar-refractivity contribution in [3.63, 3.8) is 0 Å². The maximum absolute atomic E-state index is 13.7. The van der Waals surface area contributed by atoms with Crippen molar-refractivity contribution in [1.29, 1.82) is 0 Å². The van der Waals surface area contributed by atoms with E-state index >= 15 is 0 Å². The first-order chi connectivity index (χ1) is 18.3. The highest BCUT2D eigenvalue weighted by Crippen LogP contribution is 2.33. The molecule has 2 aromatic rings. The number of nitrogens with two attached hydrogens (primary N) is 1. The van der Waals surface area contributed by atoms with E-state index in [-0.39, 0.29) is 24.2 Å². The third kappa shape index (κ3) is 8.67. The van der Waals surface area contributed by atoms with E-state index in [0.29, 0.717) is 17.0 Å². The van der Waals surface area contributed by atoms with Crippen LogP contribution in [0, 0.1) is 19.4 Å². The minimum atomic E-state index is -1.51. The number of aryl methyl sites for hydroxylation is 1. The summed E-state index contributed by atoms with van der Waals surface area (Å²) in [6.45, 7) is 6.54. The van der Waals surface area contributed by atoms with E-state index in [1.54, 1.807) is 64.1 Å². The number of methoxy groups -OCH3 is 1. The number of carbonyl (C=O) groups excluding carboxylic acids is 4. The van der Waals surface area contributed by atoms with Gasteiger partial charge in [0.1, 0.15) is 23.1 Å². The molecule has 208 valence electrons. The molecule has 2 aromatic carbocycles. The summed E-state index contributed by atoms with van der Waals surface area (Å²) in [5.41, 5.74) is 5.27. The molecule has 5 N–H and O–H groups in total. The van der Waals surface area contributed by atoms with Crippen LogP contribution in [0.3, 0.4) is 0 Å². The molecular formula is C28H34N4O7. The number of carbonyl (C=O) groups is 4. The highest BCUT2D eigenvalue weighted by Gasteiger charge is 2.37. The van der Waals surface area contributed by atoms with E-state index in [2.05, 4.69) is 16.7 Å². The van der Waals surface area contributed by atoms with Crippen molar-refractivity contribution in [2.24, 2.45) is 5.73 Å². The lowest BCUT2D eigenvalue weighted by molar-refractivity contribution is -0.137. The van der Waals surface area contributed by atoms with E-state index < -0.39 is 41.5 Å². The standard InChI is InChI=1S/C28H34N4O7/c1-7-32(26(36)21(15-16-22(29)33)31-27(37)39-28(3,4)5)23(20-10-8-9-17(2)24(20)34)25(35)30-18-11-13-19(38-6)14-12-18/h1,8-14,21,23,34H,15-16H2,2-6H3,(H2,29,33)(H,30,35)(H,31,37). The highest BCUT2D eigenvalue weighted by molar-refractivity contribution is 6.00. The average Bonchev–Trinajstić information content (AvgIpc) is 2.85. The third-order valence-corrected chi connectivity index (χ3v) is 5.47. The lowest BCUT2D eigenvalue weighted by atomic mass is 9.99. The molecule has 0 saturated heterocycles. The van der Waals surface area contributed by atoms with E-state index in [4.69, 9.17) is 21.6 Å². The SMILES string of the molecule is C#CN(C(=O)C(CCC(N)=O)NC(=O)OC(C)(C)C)C(C(=O)Nc1ccc(OC)cc1)c1cccc(C)c1O. The Morgan fingerprint density at radius 2 is 1.77 bits per heavy atom. The van der Waals surface area contributed by atoms with E-state index in [1.807, 2.05) is 0 Å². The van der Waals surface area contributed by atoms with Crippen molar-refractivity contribution in [1.82, 2.24) is 10.2 Å². The van der Waals surface area contributed by atoms with Crippen LogP contribution in [0.4, 0.5) is 10.5 Å². The molecule has 0 aromatic heterocycles. The Morgan fingerprint density at radius 1 is 1.13 bits per heavy atom. The number of para-hydroxylation sites is 1. The quantitative estimate of drug-likeness (QED) is 0.267. The lowest BCUT2D eigenvalue weighted by Crippen LogP contribution is -2.51. The predicted molar refractivity (Wildman–Crippen MR) is 144 cm³/mol. The molecule has 2 rings (SSSR count). The first-order valence-electron chi connectivity index (χ1n) is 12.1. The van der Waals surface area contributed by atoms with E-state index in [9.17, 15) is 24.3 Å². The first-order valence-corrected chi connectivity index (χ1v) is 12.1. The summed E-state index contributed by atoms with van der Waals surface area (Å²) in [6.07, 6.45) is 4.34. The largest absolute Gasteiger partial charge is 0.507 e. The van der Waals surface area contributed by atoms with Gasteiger partial charge < -0.3 is 30.9 Å². The number of anilines is 1. The van der Waals surface area contributed by atoms with E-state index in [0.717, 1.165) is 4.90 Å². The molecule has 0 aliphatic heterocycles. The second-order valence-corrected chi connectivity index (χ2v) is 9.67. The molecular weight excluding hydrogens is 504 g/mol. The lowest BCUT2D eigenvalue weighted by Gasteiger charge is -2.30. The van der Waals surface area contributed by atoms with Gasteiger partial charge in [0, 0.05) is 23.7 Å². The zero-order valence-corrected chi connectivity index (χ0v) is 22.6. The Labute approximate surface area is 227 Å². The Kier molecular flexibility index (Phi) is 10.3. The molecule has 0 bridgehead atoms. The van der Waals surface area contributed by atoms with Gasteiger partial charge in [0.25, 0.3) is 11.8 Å². The van der Waals surface area contributed by atoms with Gasteiger partial charge in [0.15, 0.2) is 6.04 Å². The van der Waals surface area contributed by atoms with Gasteiger partial charge in [-0.1, -0.05) is 24.6 Å².